The minimum atomic E-state index is -3.82. The summed E-state index contributed by atoms with van der Waals surface area (Å²) in [5.41, 5.74) is 1.49. The minimum Gasteiger partial charge on any atom is -0.322 e. The van der Waals surface area contributed by atoms with E-state index in [1.165, 1.54) is 25.1 Å². The summed E-state index contributed by atoms with van der Waals surface area (Å²) in [6.45, 7) is 3.33. The third kappa shape index (κ3) is 3.81. The molecule has 1 aliphatic heterocycles. The Morgan fingerprint density at radius 1 is 1.19 bits per heavy atom. The number of benzene rings is 2. The lowest BCUT2D eigenvalue weighted by Gasteiger charge is -2.18. The van der Waals surface area contributed by atoms with Gasteiger partial charge in [-0.15, -0.1) is 0 Å². The molecular formula is C18H16Cl2N2O4S. The van der Waals surface area contributed by atoms with Crippen LogP contribution in [0.5, 0.6) is 0 Å². The number of aryl methyl sites for hydroxylation is 1. The van der Waals surface area contributed by atoms with Gasteiger partial charge in [-0.25, -0.2) is 12.7 Å². The van der Waals surface area contributed by atoms with E-state index in [1.54, 1.807) is 25.1 Å². The molecule has 0 aromatic heterocycles. The number of halogens is 2. The average molecular weight is 427 g/mol. The van der Waals surface area contributed by atoms with Gasteiger partial charge in [0, 0.05) is 16.3 Å². The molecule has 142 valence electrons. The topological polar surface area (TPSA) is 83.6 Å². The summed E-state index contributed by atoms with van der Waals surface area (Å²) in [6, 6.07) is 9.18. The van der Waals surface area contributed by atoms with E-state index in [2.05, 4.69) is 5.32 Å². The predicted molar refractivity (Wildman–Crippen MR) is 106 cm³/mol. The highest BCUT2D eigenvalue weighted by Gasteiger charge is 2.43. The first-order valence-corrected chi connectivity index (χ1v) is 10.4. The van der Waals surface area contributed by atoms with Gasteiger partial charge in [-0.1, -0.05) is 30.1 Å². The summed E-state index contributed by atoms with van der Waals surface area (Å²) in [6.07, 6.45) is 0. The van der Waals surface area contributed by atoms with Crippen molar-refractivity contribution in [3.63, 3.8) is 0 Å². The van der Waals surface area contributed by atoms with E-state index in [0.29, 0.717) is 15.0 Å². The van der Waals surface area contributed by atoms with Crippen LogP contribution in [0.15, 0.2) is 36.4 Å². The number of carbonyl (C=O) groups is 2. The minimum absolute atomic E-state index is 0.0218. The Bertz CT molecular complexity index is 1050. The number of hydrogen-bond acceptors (Lipinski definition) is 4. The Morgan fingerprint density at radius 3 is 2.48 bits per heavy atom. The van der Waals surface area contributed by atoms with E-state index >= 15 is 0 Å². The van der Waals surface area contributed by atoms with Crippen molar-refractivity contribution < 1.29 is 18.0 Å². The smallest absolute Gasteiger partial charge is 0.255 e. The number of amides is 2. The van der Waals surface area contributed by atoms with Crippen LogP contribution in [0, 0.1) is 12.8 Å². The van der Waals surface area contributed by atoms with Crippen molar-refractivity contribution in [2.75, 3.05) is 15.4 Å². The van der Waals surface area contributed by atoms with E-state index in [-0.39, 0.29) is 22.0 Å². The molecule has 1 unspecified atom stereocenters. The molecule has 0 radical (unpaired) electrons. The van der Waals surface area contributed by atoms with Crippen LogP contribution in [0.25, 0.3) is 0 Å². The molecule has 0 spiro atoms. The molecule has 3 rings (SSSR count). The molecule has 1 atom stereocenters. The zero-order valence-electron chi connectivity index (χ0n) is 14.5. The molecule has 1 N–H and O–H groups in total. The highest BCUT2D eigenvalue weighted by atomic mass is 35.5. The van der Waals surface area contributed by atoms with Crippen molar-refractivity contribution in [2.24, 2.45) is 5.92 Å². The normalized spacial score (nSPS) is 18.6. The summed E-state index contributed by atoms with van der Waals surface area (Å²) in [5.74, 6) is -1.98. The second kappa shape index (κ2) is 7.14. The van der Waals surface area contributed by atoms with Gasteiger partial charge in [0.25, 0.3) is 5.91 Å². The molecule has 2 aromatic carbocycles. The van der Waals surface area contributed by atoms with Crippen LogP contribution in [0.2, 0.25) is 10.0 Å². The molecule has 0 bridgehead atoms. The van der Waals surface area contributed by atoms with E-state index in [4.69, 9.17) is 23.2 Å². The third-order valence-electron chi connectivity index (χ3n) is 4.22. The van der Waals surface area contributed by atoms with Gasteiger partial charge in [-0.2, -0.15) is 0 Å². The van der Waals surface area contributed by atoms with E-state index in [9.17, 15) is 18.0 Å². The van der Waals surface area contributed by atoms with Crippen LogP contribution in [0.4, 0.5) is 11.4 Å². The van der Waals surface area contributed by atoms with Crippen LogP contribution in [0.1, 0.15) is 22.8 Å². The Labute approximate surface area is 167 Å². The van der Waals surface area contributed by atoms with Gasteiger partial charge in [0.2, 0.25) is 15.9 Å². The maximum Gasteiger partial charge on any atom is 0.255 e. The first-order valence-electron chi connectivity index (χ1n) is 8.04. The van der Waals surface area contributed by atoms with Gasteiger partial charge in [0.05, 0.1) is 22.4 Å². The monoisotopic (exact) mass is 426 g/mol. The Hall–Kier alpha value is -2.09. The lowest BCUT2D eigenvalue weighted by atomic mass is 10.1. The predicted octanol–water partition coefficient (Wildman–Crippen LogP) is 3.87. The molecule has 6 nitrogen and oxygen atoms in total. The molecule has 1 heterocycles. The molecule has 1 saturated heterocycles. The Balaban J connectivity index is 1.96. The summed E-state index contributed by atoms with van der Waals surface area (Å²) < 4.78 is 25.3. The highest BCUT2D eigenvalue weighted by molar-refractivity contribution is 7.94. The average Bonchev–Trinajstić information content (AvgIpc) is 2.78. The molecule has 27 heavy (non-hydrogen) atoms. The van der Waals surface area contributed by atoms with Gasteiger partial charge in [0.15, 0.2) is 0 Å². The van der Waals surface area contributed by atoms with E-state index in [0.717, 1.165) is 5.56 Å². The molecule has 0 saturated carbocycles. The number of nitrogens with one attached hydrogen (secondary N) is 1. The van der Waals surface area contributed by atoms with Crippen LogP contribution >= 0.6 is 23.2 Å². The number of carbonyl (C=O) groups excluding carboxylic acids is 2. The van der Waals surface area contributed by atoms with Gasteiger partial charge < -0.3 is 5.32 Å². The van der Waals surface area contributed by atoms with E-state index in [1.807, 2.05) is 0 Å². The van der Waals surface area contributed by atoms with Crippen molar-refractivity contribution in [1.82, 2.24) is 0 Å². The van der Waals surface area contributed by atoms with Gasteiger partial charge in [-0.05, 0) is 48.9 Å². The quantitative estimate of drug-likeness (QED) is 0.806. The van der Waals surface area contributed by atoms with Crippen molar-refractivity contribution in [2.45, 2.75) is 13.8 Å². The zero-order chi connectivity index (χ0) is 19.9. The number of sulfonamides is 1. The third-order valence-corrected chi connectivity index (χ3v) is 6.63. The second-order valence-electron chi connectivity index (χ2n) is 6.36. The summed E-state index contributed by atoms with van der Waals surface area (Å²) in [5, 5.41) is 3.36. The Kier molecular flexibility index (Phi) is 5.20. The molecule has 9 heteroatoms. The van der Waals surface area contributed by atoms with Crippen LogP contribution in [-0.4, -0.2) is 26.0 Å². The lowest BCUT2D eigenvalue weighted by molar-refractivity contribution is -0.119. The highest BCUT2D eigenvalue weighted by Crippen LogP contribution is 2.34. The maximum atomic E-state index is 12.6. The van der Waals surface area contributed by atoms with E-state index < -0.39 is 27.8 Å². The molecular weight excluding hydrogens is 411 g/mol. The van der Waals surface area contributed by atoms with Crippen LogP contribution < -0.4 is 9.62 Å². The van der Waals surface area contributed by atoms with Crippen molar-refractivity contribution in [3.8, 4) is 0 Å². The number of anilines is 2. The largest absolute Gasteiger partial charge is 0.322 e. The zero-order valence-corrected chi connectivity index (χ0v) is 16.8. The SMILES string of the molecule is Cc1cc(Cl)ccc1NC(=O)c1ccc(Cl)c(N2C(=O)C(C)CS2(=O)=O)c1. The second-order valence-corrected chi connectivity index (χ2v) is 9.07. The molecule has 1 aliphatic rings. The fourth-order valence-corrected chi connectivity index (χ4v) is 5.15. The molecule has 2 amide bonds. The maximum absolute atomic E-state index is 12.6. The van der Waals surface area contributed by atoms with Crippen molar-refractivity contribution in [1.29, 1.82) is 0 Å². The first-order chi connectivity index (χ1) is 12.6. The summed E-state index contributed by atoms with van der Waals surface area (Å²) in [4.78, 5) is 24.9. The molecule has 2 aromatic rings. The van der Waals surface area contributed by atoms with Gasteiger partial charge in [0.1, 0.15) is 0 Å². The van der Waals surface area contributed by atoms with Gasteiger partial charge in [-0.3, -0.25) is 9.59 Å². The van der Waals surface area contributed by atoms with Crippen molar-refractivity contribution >= 4 is 56.4 Å². The molecule has 1 fully saturated rings. The first kappa shape index (κ1) is 19.7. The van der Waals surface area contributed by atoms with Crippen molar-refractivity contribution in [3.05, 3.63) is 57.6 Å². The fraction of sp³-hybridized carbons (Fsp3) is 0.222. The fourth-order valence-electron chi connectivity index (χ4n) is 2.84. The number of rotatable bonds is 3. The number of nitrogens with zero attached hydrogens (tertiary/aromatic N) is 1. The standard InChI is InChI=1S/C18H16Cl2N2O4S/c1-10-7-13(19)4-6-15(10)21-17(23)12-3-5-14(20)16(8-12)22-18(24)11(2)9-27(22,25)26/h3-8,11H,9H2,1-2H3,(H,21,23). The summed E-state index contributed by atoms with van der Waals surface area (Å²) >= 11 is 12.0. The van der Waals surface area contributed by atoms with Crippen LogP contribution in [-0.2, 0) is 14.8 Å². The summed E-state index contributed by atoms with van der Waals surface area (Å²) in [7, 11) is -3.82. The lowest BCUT2D eigenvalue weighted by Crippen LogP contribution is -2.30. The Morgan fingerprint density at radius 2 is 1.89 bits per heavy atom. The molecule has 0 aliphatic carbocycles. The van der Waals surface area contributed by atoms with Crippen LogP contribution in [0.3, 0.4) is 0 Å². The van der Waals surface area contributed by atoms with Gasteiger partial charge >= 0.3 is 0 Å². The number of hydrogen-bond donors (Lipinski definition) is 1.